The lowest BCUT2D eigenvalue weighted by molar-refractivity contribution is 0.574. The first-order valence-corrected chi connectivity index (χ1v) is 4.31. The zero-order valence-electron chi connectivity index (χ0n) is 6.34. The normalized spacial score (nSPS) is 33.7. The average Bonchev–Trinajstić information content (AvgIpc) is 2.71. The van der Waals surface area contributed by atoms with Crippen LogP contribution in [-0.2, 0) is 0 Å². The first kappa shape index (κ1) is 6.41. The van der Waals surface area contributed by atoms with E-state index >= 15 is 0 Å². The fourth-order valence-electron chi connectivity index (χ4n) is 1.70. The lowest BCUT2D eigenvalue weighted by Crippen LogP contribution is -2.21. The van der Waals surface area contributed by atoms with Gasteiger partial charge in [0.05, 0.1) is 0 Å². The van der Waals surface area contributed by atoms with E-state index in [0.29, 0.717) is 6.04 Å². The van der Waals surface area contributed by atoms with Gasteiger partial charge in [0.1, 0.15) is 0 Å². The second kappa shape index (κ2) is 2.39. The van der Waals surface area contributed by atoms with Crippen molar-refractivity contribution in [1.82, 2.24) is 0 Å². The molecule has 2 rings (SSSR count). The molecular formula is C9H15N. The molecule has 2 aliphatic rings. The van der Waals surface area contributed by atoms with E-state index in [9.17, 15) is 0 Å². The van der Waals surface area contributed by atoms with E-state index in [1.807, 2.05) is 0 Å². The number of hydrogen-bond donors (Lipinski definition) is 1. The van der Waals surface area contributed by atoms with E-state index in [-0.39, 0.29) is 0 Å². The monoisotopic (exact) mass is 137 g/mol. The van der Waals surface area contributed by atoms with Gasteiger partial charge in [-0.15, -0.1) is 0 Å². The molecule has 56 valence electrons. The smallest absolute Gasteiger partial charge is 0.00765 e. The van der Waals surface area contributed by atoms with Crippen LogP contribution < -0.4 is 5.73 Å². The number of rotatable bonds is 1. The van der Waals surface area contributed by atoms with Crippen molar-refractivity contribution in [3.05, 3.63) is 11.6 Å². The second-order valence-electron chi connectivity index (χ2n) is 3.59. The minimum atomic E-state index is 0.461. The molecule has 0 spiro atoms. The average molecular weight is 137 g/mol. The Labute approximate surface area is 62.3 Å². The summed E-state index contributed by atoms with van der Waals surface area (Å²) in [4.78, 5) is 0. The Morgan fingerprint density at radius 2 is 2.10 bits per heavy atom. The maximum atomic E-state index is 5.77. The standard InChI is InChI=1S/C9H15N/c10-9-5-3-8(4-6-9)7-1-2-7/h3,7,9H,1-2,4-6,10H2. The van der Waals surface area contributed by atoms with Gasteiger partial charge in [0.2, 0.25) is 0 Å². The Morgan fingerprint density at radius 1 is 1.30 bits per heavy atom. The lowest BCUT2D eigenvalue weighted by Gasteiger charge is -2.17. The Bertz CT molecular complexity index is 156. The van der Waals surface area contributed by atoms with Crippen molar-refractivity contribution in [2.24, 2.45) is 11.7 Å². The van der Waals surface area contributed by atoms with Crippen LogP contribution in [0.25, 0.3) is 0 Å². The van der Waals surface area contributed by atoms with Crippen molar-refractivity contribution >= 4 is 0 Å². The third-order valence-corrected chi connectivity index (χ3v) is 2.59. The van der Waals surface area contributed by atoms with E-state index < -0.39 is 0 Å². The Morgan fingerprint density at radius 3 is 2.60 bits per heavy atom. The fraction of sp³-hybridized carbons (Fsp3) is 0.778. The molecule has 0 bridgehead atoms. The van der Waals surface area contributed by atoms with Gasteiger partial charge in [-0.05, 0) is 38.0 Å². The third kappa shape index (κ3) is 1.24. The van der Waals surface area contributed by atoms with Crippen LogP contribution in [0.3, 0.4) is 0 Å². The quantitative estimate of drug-likeness (QED) is 0.548. The second-order valence-corrected chi connectivity index (χ2v) is 3.59. The maximum absolute atomic E-state index is 5.77. The van der Waals surface area contributed by atoms with Gasteiger partial charge in [-0.2, -0.15) is 0 Å². The summed E-state index contributed by atoms with van der Waals surface area (Å²) < 4.78 is 0. The van der Waals surface area contributed by atoms with Crippen LogP contribution in [0.1, 0.15) is 32.1 Å². The summed E-state index contributed by atoms with van der Waals surface area (Å²) in [6.07, 6.45) is 8.91. The first-order valence-electron chi connectivity index (χ1n) is 4.31. The molecular weight excluding hydrogens is 122 g/mol. The van der Waals surface area contributed by atoms with Gasteiger partial charge in [-0.1, -0.05) is 11.6 Å². The molecule has 0 radical (unpaired) electrons. The molecule has 0 amide bonds. The Balaban J connectivity index is 1.96. The molecule has 1 unspecified atom stereocenters. The maximum Gasteiger partial charge on any atom is 0.00765 e. The van der Waals surface area contributed by atoms with Crippen LogP contribution in [0, 0.1) is 5.92 Å². The van der Waals surface area contributed by atoms with Gasteiger partial charge in [0.15, 0.2) is 0 Å². The summed E-state index contributed by atoms with van der Waals surface area (Å²) >= 11 is 0. The first-order chi connectivity index (χ1) is 4.86. The van der Waals surface area contributed by atoms with Crippen LogP contribution in [0.15, 0.2) is 11.6 Å². The minimum absolute atomic E-state index is 0.461. The topological polar surface area (TPSA) is 26.0 Å². The van der Waals surface area contributed by atoms with Gasteiger partial charge in [-0.25, -0.2) is 0 Å². The van der Waals surface area contributed by atoms with E-state index in [1.165, 1.54) is 25.7 Å². The largest absolute Gasteiger partial charge is 0.327 e. The summed E-state index contributed by atoms with van der Waals surface area (Å²) in [5, 5.41) is 0. The van der Waals surface area contributed by atoms with Gasteiger partial charge >= 0.3 is 0 Å². The number of allylic oxidation sites excluding steroid dienone is 1. The number of hydrogen-bond acceptors (Lipinski definition) is 1. The summed E-state index contributed by atoms with van der Waals surface area (Å²) in [6.45, 7) is 0. The van der Waals surface area contributed by atoms with Gasteiger partial charge < -0.3 is 5.73 Å². The summed E-state index contributed by atoms with van der Waals surface area (Å²) in [7, 11) is 0. The van der Waals surface area contributed by atoms with Crippen molar-refractivity contribution < 1.29 is 0 Å². The van der Waals surface area contributed by atoms with Crippen LogP contribution in [-0.4, -0.2) is 6.04 Å². The molecule has 2 N–H and O–H groups in total. The molecule has 2 aliphatic carbocycles. The van der Waals surface area contributed by atoms with Crippen molar-refractivity contribution in [3.63, 3.8) is 0 Å². The highest BCUT2D eigenvalue weighted by molar-refractivity contribution is 5.15. The highest BCUT2D eigenvalue weighted by Crippen LogP contribution is 2.40. The van der Waals surface area contributed by atoms with Gasteiger partial charge in [0.25, 0.3) is 0 Å². The Kier molecular flexibility index (Phi) is 1.53. The minimum Gasteiger partial charge on any atom is -0.327 e. The molecule has 0 aromatic carbocycles. The van der Waals surface area contributed by atoms with Crippen LogP contribution >= 0.6 is 0 Å². The molecule has 0 aliphatic heterocycles. The molecule has 0 heterocycles. The highest BCUT2D eigenvalue weighted by atomic mass is 14.6. The summed E-state index contributed by atoms with van der Waals surface area (Å²) in [5.41, 5.74) is 7.48. The molecule has 0 saturated heterocycles. The molecule has 10 heavy (non-hydrogen) atoms. The SMILES string of the molecule is NC1CC=C(C2CC2)CC1. The van der Waals surface area contributed by atoms with Crippen molar-refractivity contribution in [1.29, 1.82) is 0 Å². The van der Waals surface area contributed by atoms with Crippen LogP contribution in [0.5, 0.6) is 0 Å². The predicted molar refractivity (Wildman–Crippen MR) is 42.6 cm³/mol. The van der Waals surface area contributed by atoms with Crippen molar-refractivity contribution in [2.45, 2.75) is 38.1 Å². The highest BCUT2D eigenvalue weighted by Gasteiger charge is 2.27. The third-order valence-electron chi connectivity index (χ3n) is 2.59. The molecule has 0 aromatic rings. The van der Waals surface area contributed by atoms with Crippen molar-refractivity contribution in [2.75, 3.05) is 0 Å². The lowest BCUT2D eigenvalue weighted by atomic mass is 9.93. The molecule has 0 aromatic heterocycles. The van der Waals surface area contributed by atoms with Crippen molar-refractivity contribution in [3.8, 4) is 0 Å². The predicted octanol–water partition coefficient (Wildman–Crippen LogP) is 1.83. The molecule has 1 atom stereocenters. The molecule has 1 saturated carbocycles. The van der Waals surface area contributed by atoms with Crippen LogP contribution in [0.2, 0.25) is 0 Å². The van der Waals surface area contributed by atoms with Crippen LogP contribution in [0.4, 0.5) is 0 Å². The van der Waals surface area contributed by atoms with E-state index in [4.69, 9.17) is 5.73 Å². The zero-order chi connectivity index (χ0) is 6.97. The molecule has 1 fully saturated rings. The summed E-state index contributed by atoms with van der Waals surface area (Å²) in [6, 6.07) is 0.461. The van der Waals surface area contributed by atoms with E-state index in [0.717, 1.165) is 12.3 Å². The van der Waals surface area contributed by atoms with Gasteiger partial charge in [0, 0.05) is 6.04 Å². The molecule has 1 nitrogen and oxygen atoms in total. The molecule has 1 heteroatoms. The fourth-order valence-corrected chi connectivity index (χ4v) is 1.70. The zero-order valence-corrected chi connectivity index (χ0v) is 6.34. The van der Waals surface area contributed by atoms with Gasteiger partial charge in [-0.3, -0.25) is 0 Å². The van der Waals surface area contributed by atoms with E-state index in [1.54, 1.807) is 5.57 Å². The van der Waals surface area contributed by atoms with E-state index in [2.05, 4.69) is 6.08 Å². The summed E-state index contributed by atoms with van der Waals surface area (Å²) in [5.74, 6) is 0.979. The number of nitrogens with two attached hydrogens (primary N) is 1. The Hall–Kier alpha value is -0.300.